The van der Waals surface area contributed by atoms with Gasteiger partial charge in [0.1, 0.15) is 5.01 Å². The Morgan fingerprint density at radius 3 is 2.55 bits per heavy atom. The Balaban J connectivity index is 1.70. The van der Waals surface area contributed by atoms with Crippen LogP contribution in [0, 0.1) is 13.8 Å². The predicted octanol–water partition coefficient (Wildman–Crippen LogP) is 5.28. The van der Waals surface area contributed by atoms with E-state index in [-0.39, 0.29) is 11.5 Å². The standard InChI is InChI=1S/C20H16F3N5S/c1-11-6-7-13(8-12(11)2)16-10-29-19(25-16)17-18(24)28(27-26-17)15-5-3-4-14(9-15)20(21,22)23/h3-10H,24H2,1-2H3. The van der Waals surface area contributed by atoms with Gasteiger partial charge < -0.3 is 5.73 Å². The summed E-state index contributed by atoms with van der Waals surface area (Å²) in [5.74, 6) is 0.130. The average Bonchev–Trinajstić information content (AvgIpc) is 3.30. The lowest BCUT2D eigenvalue weighted by Gasteiger charge is -2.09. The number of nitrogens with zero attached hydrogens (tertiary/aromatic N) is 4. The second-order valence-electron chi connectivity index (χ2n) is 6.62. The van der Waals surface area contributed by atoms with Crippen molar-refractivity contribution in [2.75, 3.05) is 5.73 Å². The van der Waals surface area contributed by atoms with Crippen molar-refractivity contribution in [1.82, 2.24) is 20.0 Å². The Bertz CT molecular complexity index is 1190. The summed E-state index contributed by atoms with van der Waals surface area (Å²) in [4.78, 5) is 4.59. The first-order valence-electron chi connectivity index (χ1n) is 8.66. The van der Waals surface area contributed by atoms with E-state index in [1.165, 1.54) is 33.7 Å². The van der Waals surface area contributed by atoms with Crippen LogP contribution in [0.5, 0.6) is 0 Å². The van der Waals surface area contributed by atoms with E-state index in [4.69, 9.17) is 5.73 Å². The molecule has 29 heavy (non-hydrogen) atoms. The van der Waals surface area contributed by atoms with E-state index in [1.54, 1.807) is 0 Å². The van der Waals surface area contributed by atoms with Gasteiger partial charge in [-0.25, -0.2) is 4.98 Å². The topological polar surface area (TPSA) is 69.6 Å². The lowest BCUT2D eigenvalue weighted by molar-refractivity contribution is -0.137. The van der Waals surface area contributed by atoms with Crippen LogP contribution in [0.1, 0.15) is 16.7 Å². The summed E-state index contributed by atoms with van der Waals surface area (Å²) in [7, 11) is 0. The molecule has 0 radical (unpaired) electrons. The number of anilines is 1. The minimum atomic E-state index is -4.45. The first-order chi connectivity index (χ1) is 13.7. The van der Waals surface area contributed by atoms with Crippen LogP contribution in [-0.4, -0.2) is 20.0 Å². The summed E-state index contributed by atoms with van der Waals surface area (Å²) in [6.07, 6.45) is -4.45. The van der Waals surface area contributed by atoms with Crippen LogP contribution in [0.4, 0.5) is 19.0 Å². The third-order valence-corrected chi connectivity index (χ3v) is 5.48. The lowest BCUT2D eigenvalue weighted by Crippen LogP contribution is -2.08. The van der Waals surface area contributed by atoms with Crippen molar-refractivity contribution in [1.29, 1.82) is 0 Å². The maximum Gasteiger partial charge on any atom is 0.416 e. The number of aromatic nitrogens is 4. The fourth-order valence-corrected chi connectivity index (χ4v) is 3.68. The zero-order valence-electron chi connectivity index (χ0n) is 15.5. The molecule has 4 rings (SSSR count). The third-order valence-electron chi connectivity index (χ3n) is 4.63. The lowest BCUT2D eigenvalue weighted by atomic mass is 10.1. The van der Waals surface area contributed by atoms with E-state index in [0.29, 0.717) is 10.7 Å². The molecule has 2 aromatic heterocycles. The molecular formula is C20H16F3N5S. The molecule has 0 unspecified atom stereocenters. The van der Waals surface area contributed by atoms with Gasteiger partial charge in [0.25, 0.3) is 0 Å². The SMILES string of the molecule is Cc1ccc(-c2csc(-c3nnn(-c4cccc(C(F)(F)F)c4)c3N)n2)cc1C. The monoisotopic (exact) mass is 415 g/mol. The van der Waals surface area contributed by atoms with Crippen LogP contribution in [0.15, 0.2) is 47.8 Å². The summed E-state index contributed by atoms with van der Waals surface area (Å²) in [5, 5.41) is 10.4. The molecule has 0 saturated heterocycles. The zero-order valence-corrected chi connectivity index (χ0v) is 16.3. The molecule has 148 valence electrons. The largest absolute Gasteiger partial charge is 0.416 e. The molecule has 2 heterocycles. The van der Waals surface area contributed by atoms with Crippen LogP contribution < -0.4 is 5.73 Å². The fraction of sp³-hybridized carbons (Fsp3) is 0.150. The van der Waals surface area contributed by atoms with Gasteiger partial charge in [-0.15, -0.1) is 16.4 Å². The minimum Gasteiger partial charge on any atom is -0.382 e. The number of benzene rings is 2. The fourth-order valence-electron chi connectivity index (χ4n) is 2.86. The smallest absolute Gasteiger partial charge is 0.382 e. The number of halogens is 3. The normalized spacial score (nSPS) is 11.8. The van der Waals surface area contributed by atoms with Crippen LogP contribution >= 0.6 is 11.3 Å². The average molecular weight is 415 g/mol. The Kier molecular flexibility index (Phi) is 4.62. The Labute approximate surface area is 168 Å². The first kappa shape index (κ1) is 19.1. The quantitative estimate of drug-likeness (QED) is 0.495. The molecule has 0 aliphatic rings. The van der Waals surface area contributed by atoms with Crippen molar-refractivity contribution in [3.8, 4) is 27.6 Å². The van der Waals surface area contributed by atoms with Crippen molar-refractivity contribution in [3.63, 3.8) is 0 Å². The van der Waals surface area contributed by atoms with Crippen LogP contribution in [-0.2, 0) is 6.18 Å². The van der Waals surface area contributed by atoms with Crippen LogP contribution in [0.25, 0.3) is 27.6 Å². The van der Waals surface area contributed by atoms with Crippen molar-refractivity contribution in [3.05, 3.63) is 64.5 Å². The van der Waals surface area contributed by atoms with Crippen molar-refractivity contribution < 1.29 is 13.2 Å². The van der Waals surface area contributed by atoms with E-state index in [2.05, 4.69) is 21.4 Å². The molecule has 0 fully saturated rings. The summed E-state index contributed by atoms with van der Waals surface area (Å²) < 4.78 is 40.1. The highest BCUT2D eigenvalue weighted by atomic mass is 32.1. The Hall–Kier alpha value is -3.20. The highest BCUT2D eigenvalue weighted by molar-refractivity contribution is 7.13. The minimum absolute atomic E-state index is 0.130. The molecule has 4 aromatic rings. The molecule has 0 atom stereocenters. The second-order valence-corrected chi connectivity index (χ2v) is 7.48. The maximum atomic E-state index is 13.0. The van der Waals surface area contributed by atoms with Gasteiger partial charge in [0.15, 0.2) is 11.5 Å². The Morgan fingerprint density at radius 2 is 1.83 bits per heavy atom. The molecule has 0 saturated carbocycles. The van der Waals surface area contributed by atoms with Crippen LogP contribution in [0.2, 0.25) is 0 Å². The van der Waals surface area contributed by atoms with Gasteiger partial charge in [-0.2, -0.15) is 17.9 Å². The van der Waals surface area contributed by atoms with Gasteiger partial charge in [-0.1, -0.05) is 23.4 Å². The number of nitrogen functional groups attached to an aromatic ring is 1. The van der Waals surface area contributed by atoms with Crippen molar-refractivity contribution in [2.45, 2.75) is 20.0 Å². The molecule has 0 aliphatic carbocycles. The second kappa shape index (κ2) is 7.00. The molecule has 0 amide bonds. The van der Waals surface area contributed by atoms with Gasteiger partial charge >= 0.3 is 6.18 Å². The summed E-state index contributed by atoms with van der Waals surface area (Å²) in [6.45, 7) is 4.07. The van der Waals surface area contributed by atoms with Gasteiger partial charge in [-0.05, 0) is 49.2 Å². The number of rotatable bonds is 3. The highest BCUT2D eigenvalue weighted by Gasteiger charge is 2.31. The van der Waals surface area contributed by atoms with Crippen molar-refractivity contribution in [2.24, 2.45) is 0 Å². The van der Waals surface area contributed by atoms with E-state index >= 15 is 0 Å². The van der Waals surface area contributed by atoms with Gasteiger partial charge in [-0.3, -0.25) is 0 Å². The third kappa shape index (κ3) is 3.61. The van der Waals surface area contributed by atoms with Gasteiger partial charge in [0, 0.05) is 10.9 Å². The number of nitrogens with two attached hydrogens (primary N) is 1. The Morgan fingerprint density at radius 1 is 1.03 bits per heavy atom. The molecule has 9 heteroatoms. The molecular weight excluding hydrogens is 399 g/mol. The number of hydrogen-bond acceptors (Lipinski definition) is 5. The van der Waals surface area contributed by atoms with E-state index < -0.39 is 11.7 Å². The number of thiazole rings is 1. The van der Waals surface area contributed by atoms with Crippen molar-refractivity contribution >= 4 is 17.2 Å². The molecule has 5 nitrogen and oxygen atoms in total. The number of hydrogen-bond donors (Lipinski definition) is 1. The first-order valence-corrected chi connectivity index (χ1v) is 9.54. The number of aryl methyl sites for hydroxylation is 2. The van der Waals surface area contributed by atoms with Gasteiger partial charge in [0.05, 0.1) is 16.9 Å². The van der Waals surface area contributed by atoms with Gasteiger partial charge in [0.2, 0.25) is 0 Å². The molecule has 0 bridgehead atoms. The molecule has 2 N–H and O–H groups in total. The van der Waals surface area contributed by atoms with E-state index in [0.717, 1.165) is 29.0 Å². The summed E-state index contributed by atoms with van der Waals surface area (Å²) >= 11 is 1.35. The summed E-state index contributed by atoms with van der Waals surface area (Å²) in [6, 6.07) is 10.8. The maximum absolute atomic E-state index is 13.0. The molecule has 0 aliphatic heterocycles. The number of alkyl halides is 3. The van der Waals surface area contributed by atoms with E-state index in [1.807, 2.05) is 31.4 Å². The summed E-state index contributed by atoms with van der Waals surface area (Å²) in [5.41, 5.74) is 9.98. The van der Waals surface area contributed by atoms with Crippen LogP contribution in [0.3, 0.4) is 0 Å². The zero-order chi connectivity index (χ0) is 20.8. The highest BCUT2D eigenvalue weighted by Crippen LogP contribution is 2.34. The molecule has 0 spiro atoms. The molecule has 2 aromatic carbocycles. The van der Waals surface area contributed by atoms with E-state index in [9.17, 15) is 13.2 Å². The predicted molar refractivity (Wildman–Crippen MR) is 107 cm³/mol.